The predicted octanol–water partition coefficient (Wildman–Crippen LogP) is 1.55. The molecule has 1 aromatic rings. The molecule has 13 heavy (non-hydrogen) atoms. The van der Waals surface area contributed by atoms with Crippen molar-refractivity contribution in [3.63, 3.8) is 0 Å². The first-order valence-corrected chi connectivity index (χ1v) is 4.50. The lowest BCUT2D eigenvalue weighted by Crippen LogP contribution is -2.29. The number of aromatic nitrogens is 1. The Balaban J connectivity index is 2.47. The number of fused-ring (bicyclic) bond motifs is 1. The van der Waals surface area contributed by atoms with Gasteiger partial charge in [-0.25, -0.2) is 4.98 Å². The van der Waals surface area contributed by atoms with E-state index in [1.807, 2.05) is 12.1 Å². The van der Waals surface area contributed by atoms with Gasteiger partial charge in [0.25, 0.3) is 0 Å². The van der Waals surface area contributed by atoms with Gasteiger partial charge in [-0.1, -0.05) is 13.0 Å². The summed E-state index contributed by atoms with van der Waals surface area (Å²) in [4.78, 5) is 16.6. The standard InChI is InChI=1S/C10H12N2O/c1-8-4-6-12(7-13)10-9(8)3-2-5-11-10/h2-3,5,7-8H,4,6H2,1H3. The summed E-state index contributed by atoms with van der Waals surface area (Å²) in [5.74, 6) is 1.34. The average Bonchev–Trinajstić information content (AvgIpc) is 2.19. The quantitative estimate of drug-likeness (QED) is 0.608. The minimum absolute atomic E-state index is 0.514. The van der Waals surface area contributed by atoms with Crippen LogP contribution in [0.15, 0.2) is 18.3 Å². The number of hydrogen-bond acceptors (Lipinski definition) is 2. The van der Waals surface area contributed by atoms with E-state index in [4.69, 9.17) is 0 Å². The first-order valence-electron chi connectivity index (χ1n) is 4.50. The summed E-state index contributed by atoms with van der Waals surface area (Å²) in [7, 11) is 0. The van der Waals surface area contributed by atoms with Gasteiger partial charge in [-0.2, -0.15) is 0 Å². The Labute approximate surface area is 77.4 Å². The number of amides is 1. The molecule has 0 spiro atoms. The second-order valence-corrected chi connectivity index (χ2v) is 3.40. The van der Waals surface area contributed by atoms with Gasteiger partial charge in [0.2, 0.25) is 6.41 Å². The summed E-state index contributed by atoms with van der Waals surface area (Å²) in [5, 5.41) is 0. The third-order valence-electron chi connectivity index (χ3n) is 2.55. The molecule has 0 saturated carbocycles. The van der Waals surface area contributed by atoms with Crippen LogP contribution < -0.4 is 4.90 Å². The number of carbonyl (C=O) groups excluding carboxylic acids is 1. The fourth-order valence-electron chi connectivity index (χ4n) is 1.73. The van der Waals surface area contributed by atoms with E-state index in [9.17, 15) is 4.79 Å². The molecule has 0 bridgehead atoms. The van der Waals surface area contributed by atoms with Gasteiger partial charge in [-0.15, -0.1) is 0 Å². The van der Waals surface area contributed by atoms with Crippen LogP contribution in [-0.2, 0) is 4.79 Å². The molecule has 0 aromatic carbocycles. The zero-order chi connectivity index (χ0) is 9.26. The summed E-state index contributed by atoms with van der Waals surface area (Å²) in [6.07, 6.45) is 3.61. The van der Waals surface area contributed by atoms with E-state index in [1.165, 1.54) is 5.56 Å². The second kappa shape index (κ2) is 3.17. The van der Waals surface area contributed by atoms with Crippen molar-refractivity contribution in [1.82, 2.24) is 4.98 Å². The van der Waals surface area contributed by atoms with Gasteiger partial charge in [0, 0.05) is 12.7 Å². The molecule has 2 rings (SSSR count). The summed E-state index contributed by atoms with van der Waals surface area (Å²) in [6.45, 7) is 2.96. The molecule has 1 aliphatic heterocycles. The molecule has 1 amide bonds. The highest BCUT2D eigenvalue weighted by Gasteiger charge is 2.22. The third-order valence-corrected chi connectivity index (χ3v) is 2.55. The summed E-state index contributed by atoms with van der Waals surface area (Å²) >= 11 is 0. The van der Waals surface area contributed by atoms with E-state index >= 15 is 0 Å². The normalized spacial score (nSPS) is 21.0. The Bertz CT molecular complexity index is 324. The van der Waals surface area contributed by atoms with Crippen molar-refractivity contribution in [3.05, 3.63) is 23.9 Å². The van der Waals surface area contributed by atoms with Gasteiger partial charge in [-0.3, -0.25) is 9.69 Å². The number of hydrogen-bond donors (Lipinski definition) is 0. The maximum absolute atomic E-state index is 10.7. The van der Waals surface area contributed by atoms with Crippen LogP contribution in [0.2, 0.25) is 0 Å². The number of carbonyl (C=O) groups is 1. The summed E-state index contributed by atoms with van der Waals surface area (Å²) in [5.41, 5.74) is 1.18. The predicted molar refractivity (Wildman–Crippen MR) is 50.7 cm³/mol. The van der Waals surface area contributed by atoms with Gasteiger partial charge >= 0.3 is 0 Å². The first-order chi connectivity index (χ1) is 6.33. The lowest BCUT2D eigenvalue weighted by atomic mass is 9.94. The van der Waals surface area contributed by atoms with Crippen molar-refractivity contribution in [2.24, 2.45) is 0 Å². The summed E-state index contributed by atoms with van der Waals surface area (Å²) < 4.78 is 0. The van der Waals surface area contributed by atoms with E-state index in [2.05, 4.69) is 11.9 Å². The molecule has 0 aliphatic carbocycles. The molecule has 2 heterocycles. The fraction of sp³-hybridized carbons (Fsp3) is 0.400. The minimum atomic E-state index is 0.514. The third kappa shape index (κ3) is 1.30. The van der Waals surface area contributed by atoms with Crippen molar-refractivity contribution in [3.8, 4) is 0 Å². The van der Waals surface area contributed by atoms with Crippen molar-refractivity contribution >= 4 is 12.2 Å². The van der Waals surface area contributed by atoms with Gasteiger partial charge in [0.05, 0.1) is 0 Å². The molecule has 68 valence electrons. The van der Waals surface area contributed by atoms with Crippen LogP contribution in [0.1, 0.15) is 24.8 Å². The van der Waals surface area contributed by atoms with Crippen LogP contribution in [0.4, 0.5) is 5.82 Å². The van der Waals surface area contributed by atoms with E-state index in [0.29, 0.717) is 5.92 Å². The number of anilines is 1. The molecule has 0 fully saturated rings. The molecule has 1 aromatic heterocycles. The Kier molecular flexibility index (Phi) is 2.00. The molecule has 0 radical (unpaired) electrons. The Hall–Kier alpha value is -1.38. The lowest BCUT2D eigenvalue weighted by Gasteiger charge is -2.28. The van der Waals surface area contributed by atoms with Crippen molar-refractivity contribution in [2.45, 2.75) is 19.3 Å². The topological polar surface area (TPSA) is 33.2 Å². The monoisotopic (exact) mass is 176 g/mol. The summed E-state index contributed by atoms with van der Waals surface area (Å²) in [6, 6.07) is 3.96. The lowest BCUT2D eigenvalue weighted by molar-refractivity contribution is -0.107. The van der Waals surface area contributed by atoms with Gasteiger partial charge in [0.15, 0.2) is 0 Å². The molecular formula is C10H12N2O. The van der Waals surface area contributed by atoms with Crippen LogP contribution in [-0.4, -0.2) is 17.9 Å². The number of nitrogens with zero attached hydrogens (tertiary/aromatic N) is 2. The highest BCUT2D eigenvalue weighted by Crippen LogP contribution is 2.31. The van der Waals surface area contributed by atoms with Crippen LogP contribution in [0, 0.1) is 0 Å². The fourth-order valence-corrected chi connectivity index (χ4v) is 1.73. The zero-order valence-corrected chi connectivity index (χ0v) is 7.60. The highest BCUT2D eigenvalue weighted by atomic mass is 16.1. The average molecular weight is 176 g/mol. The zero-order valence-electron chi connectivity index (χ0n) is 7.60. The smallest absolute Gasteiger partial charge is 0.215 e. The molecule has 1 unspecified atom stereocenters. The van der Waals surface area contributed by atoms with Crippen molar-refractivity contribution < 1.29 is 4.79 Å². The SMILES string of the molecule is CC1CCN(C=O)c2ncccc21. The van der Waals surface area contributed by atoms with Crippen LogP contribution in [0.5, 0.6) is 0 Å². The molecule has 1 atom stereocenters. The van der Waals surface area contributed by atoms with Gasteiger partial charge < -0.3 is 0 Å². The molecular weight excluding hydrogens is 164 g/mol. The maximum Gasteiger partial charge on any atom is 0.215 e. The largest absolute Gasteiger partial charge is 0.299 e. The van der Waals surface area contributed by atoms with Crippen LogP contribution in [0.3, 0.4) is 0 Å². The minimum Gasteiger partial charge on any atom is -0.299 e. The molecule has 0 saturated heterocycles. The van der Waals surface area contributed by atoms with Crippen LogP contribution in [0.25, 0.3) is 0 Å². The Morgan fingerprint density at radius 2 is 2.54 bits per heavy atom. The van der Waals surface area contributed by atoms with E-state index in [0.717, 1.165) is 25.2 Å². The number of pyridine rings is 1. The molecule has 3 nitrogen and oxygen atoms in total. The maximum atomic E-state index is 10.7. The molecule has 1 aliphatic rings. The van der Waals surface area contributed by atoms with E-state index in [-0.39, 0.29) is 0 Å². The van der Waals surface area contributed by atoms with Crippen molar-refractivity contribution in [1.29, 1.82) is 0 Å². The second-order valence-electron chi connectivity index (χ2n) is 3.40. The Morgan fingerprint density at radius 1 is 1.69 bits per heavy atom. The first kappa shape index (κ1) is 8.23. The van der Waals surface area contributed by atoms with E-state index < -0.39 is 0 Å². The van der Waals surface area contributed by atoms with Crippen LogP contribution >= 0.6 is 0 Å². The van der Waals surface area contributed by atoms with Crippen molar-refractivity contribution in [2.75, 3.05) is 11.4 Å². The number of rotatable bonds is 1. The molecule has 0 N–H and O–H groups in total. The van der Waals surface area contributed by atoms with E-state index in [1.54, 1.807) is 11.1 Å². The van der Waals surface area contributed by atoms with Gasteiger partial charge in [0.1, 0.15) is 5.82 Å². The molecule has 3 heteroatoms. The Morgan fingerprint density at radius 3 is 3.31 bits per heavy atom. The highest BCUT2D eigenvalue weighted by molar-refractivity contribution is 5.75. The van der Waals surface area contributed by atoms with Gasteiger partial charge in [-0.05, 0) is 24.0 Å².